The minimum absolute atomic E-state index is 0.0150. The first-order valence-electron chi connectivity index (χ1n) is 11.9. The van der Waals surface area contributed by atoms with Crippen molar-refractivity contribution in [2.75, 3.05) is 46.0 Å². The number of carbonyl (C=O) groups is 1. The van der Waals surface area contributed by atoms with Crippen molar-refractivity contribution in [2.24, 2.45) is 23.7 Å². The summed E-state index contributed by atoms with van der Waals surface area (Å²) < 4.78 is 11.9. The Labute approximate surface area is 178 Å². The van der Waals surface area contributed by atoms with Crippen molar-refractivity contribution in [1.29, 1.82) is 0 Å². The van der Waals surface area contributed by atoms with Crippen LogP contribution in [0.2, 0.25) is 0 Å². The van der Waals surface area contributed by atoms with Crippen molar-refractivity contribution in [3.63, 3.8) is 0 Å². The summed E-state index contributed by atoms with van der Waals surface area (Å²) in [5, 5.41) is 12.6. The predicted molar refractivity (Wildman–Crippen MR) is 107 cm³/mol. The van der Waals surface area contributed by atoms with Crippen molar-refractivity contribution in [3.8, 4) is 0 Å². The van der Waals surface area contributed by atoms with Crippen molar-refractivity contribution >= 4 is 5.91 Å². The molecule has 0 aromatic heterocycles. The zero-order chi connectivity index (χ0) is 20.6. The third-order valence-electron chi connectivity index (χ3n) is 8.03. The summed E-state index contributed by atoms with van der Waals surface area (Å²) in [7, 11) is 0. The Morgan fingerprint density at radius 2 is 1.70 bits per heavy atom. The van der Waals surface area contributed by atoms with Gasteiger partial charge in [0.1, 0.15) is 0 Å². The number of morpholine rings is 1. The Bertz CT molecular complexity index is 597. The fourth-order valence-electron chi connectivity index (χ4n) is 6.66. The molecular weight excluding hydrogens is 388 g/mol. The molecule has 2 aliphatic heterocycles. The Morgan fingerprint density at radius 3 is 2.37 bits per heavy atom. The van der Waals surface area contributed by atoms with Crippen molar-refractivity contribution < 1.29 is 29.1 Å². The molecule has 4 saturated carbocycles. The van der Waals surface area contributed by atoms with Crippen LogP contribution in [0.4, 0.5) is 0 Å². The van der Waals surface area contributed by atoms with E-state index in [1.807, 2.05) is 0 Å². The number of hydrogen-bond acceptors (Lipinski definition) is 7. The molecule has 6 rings (SSSR count). The number of carbonyl (C=O) groups excluding carboxylic acids is 1. The maximum absolute atomic E-state index is 12.4. The summed E-state index contributed by atoms with van der Waals surface area (Å²) in [4.78, 5) is 26.5. The molecule has 4 bridgehead atoms. The van der Waals surface area contributed by atoms with Gasteiger partial charge in [-0.15, -0.1) is 0 Å². The second kappa shape index (κ2) is 8.64. The van der Waals surface area contributed by atoms with Crippen LogP contribution in [0.1, 0.15) is 51.4 Å². The van der Waals surface area contributed by atoms with Gasteiger partial charge in [-0.2, -0.15) is 9.78 Å². The van der Waals surface area contributed by atoms with Gasteiger partial charge >= 0.3 is 0 Å². The lowest BCUT2D eigenvalue weighted by atomic mass is 9.53. The molecule has 0 radical (unpaired) electrons. The summed E-state index contributed by atoms with van der Waals surface area (Å²) in [5.41, 5.74) is 0. The van der Waals surface area contributed by atoms with E-state index < -0.39 is 11.6 Å². The molecule has 6 aliphatic rings. The third kappa shape index (κ3) is 4.02. The minimum atomic E-state index is -1.02. The first-order chi connectivity index (χ1) is 14.6. The topological polar surface area (TPSA) is 89.5 Å². The lowest BCUT2D eigenvalue weighted by Gasteiger charge is -2.57. The minimum Gasteiger partial charge on any atom is -0.396 e. The maximum Gasteiger partial charge on any atom is 0.220 e. The normalized spacial score (nSPS) is 42.8. The summed E-state index contributed by atoms with van der Waals surface area (Å²) in [6.45, 7) is 4.76. The fourth-order valence-corrected chi connectivity index (χ4v) is 6.66. The summed E-state index contributed by atoms with van der Waals surface area (Å²) >= 11 is 0. The summed E-state index contributed by atoms with van der Waals surface area (Å²) in [6, 6.07) is 0. The standard InChI is InChI=1S/C22H36N2O6/c25-8-3-21(2-1-20(26)23-4-5-24-6-9-27-10-7-24)28-22(30-29-21)18-12-16-11-17(14-18)15-19(22)13-16/h16-19,25H,1-15H2,(H,23,26). The lowest BCUT2D eigenvalue weighted by Crippen LogP contribution is -2.59. The highest BCUT2D eigenvalue weighted by Gasteiger charge is 2.66. The molecule has 1 unspecified atom stereocenters. The lowest BCUT2D eigenvalue weighted by molar-refractivity contribution is -0.389. The average molecular weight is 425 g/mol. The Hall–Kier alpha value is -0.770. The molecule has 0 aromatic carbocycles. The second-order valence-electron chi connectivity index (χ2n) is 9.98. The molecule has 8 nitrogen and oxygen atoms in total. The van der Waals surface area contributed by atoms with Crippen LogP contribution in [-0.4, -0.2) is 73.5 Å². The maximum atomic E-state index is 12.4. The highest BCUT2D eigenvalue weighted by atomic mass is 17.3. The van der Waals surface area contributed by atoms with E-state index in [9.17, 15) is 9.90 Å². The van der Waals surface area contributed by atoms with E-state index in [4.69, 9.17) is 19.2 Å². The van der Waals surface area contributed by atoms with Gasteiger partial charge in [-0.3, -0.25) is 9.69 Å². The van der Waals surface area contributed by atoms with Gasteiger partial charge in [0.2, 0.25) is 17.5 Å². The molecule has 30 heavy (non-hydrogen) atoms. The van der Waals surface area contributed by atoms with Crippen LogP contribution in [0, 0.1) is 23.7 Å². The van der Waals surface area contributed by atoms with Crippen LogP contribution in [0.3, 0.4) is 0 Å². The number of aliphatic hydroxyl groups excluding tert-OH is 1. The molecule has 4 aliphatic carbocycles. The van der Waals surface area contributed by atoms with Crippen LogP contribution in [0.25, 0.3) is 0 Å². The monoisotopic (exact) mass is 424 g/mol. The third-order valence-corrected chi connectivity index (χ3v) is 8.03. The average Bonchev–Trinajstić information content (AvgIpc) is 3.12. The number of hydrogen-bond donors (Lipinski definition) is 2. The second-order valence-corrected chi connectivity index (χ2v) is 9.98. The molecule has 1 atom stereocenters. The highest BCUT2D eigenvalue weighted by molar-refractivity contribution is 5.75. The number of nitrogens with zero attached hydrogens (tertiary/aromatic N) is 1. The Kier molecular flexibility index (Phi) is 6.07. The van der Waals surface area contributed by atoms with E-state index in [1.165, 1.54) is 6.42 Å². The van der Waals surface area contributed by atoms with Crippen LogP contribution in [-0.2, 0) is 24.0 Å². The smallest absolute Gasteiger partial charge is 0.220 e. The summed E-state index contributed by atoms with van der Waals surface area (Å²) in [6.07, 6.45) is 6.95. The Morgan fingerprint density at radius 1 is 1.00 bits per heavy atom. The van der Waals surface area contributed by atoms with Gasteiger partial charge in [-0.1, -0.05) is 0 Å². The van der Waals surface area contributed by atoms with E-state index in [1.54, 1.807) is 0 Å². The number of ether oxygens (including phenoxy) is 2. The SMILES string of the molecule is O=C(CCC1(CCO)OOC2(O1)C1CC3CC(C1)CC2C3)NCCN1CCOCC1. The molecule has 2 N–H and O–H groups in total. The zero-order valence-corrected chi connectivity index (χ0v) is 17.9. The quantitative estimate of drug-likeness (QED) is 0.570. The number of nitrogens with one attached hydrogen (secondary N) is 1. The van der Waals surface area contributed by atoms with Crippen LogP contribution in [0.5, 0.6) is 0 Å². The van der Waals surface area contributed by atoms with Gasteiger partial charge < -0.3 is 19.9 Å². The zero-order valence-electron chi connectivity index (χ0n) is 17.9. The molecule has 8 heteroatoms. The van der Waals surface area contributed by atoms with Crippen LogP contribution in [0.15, 0.2) is 0 Å². The molecule has 2 saturated heterocycles. The number of rotatable bonds is 8. The van der Waals surface area contributed by atoms with Crippen LogP contribution < -0.4 is 5.32 Å². The first kappa shape index (κ1) is 21.1. The van der Waals surface area contributed by atoms with Gasteiger partial charge in [0.25, 0.3) is 0 Å². The number of amides is 1. The van der Waals surface area contributed by atoms with Gasteiger partial charge in [0, 0.05) is 63.9 Å². The van der Waals surface area contributed by atoms with Crippen molar-refractivity contribution in [2.45, 2.75) is 62.9 Å². The van der Waals surface area contributed by atoms with E-state index in [0.717, 1.165) is 70.4 Å². The molecule has 6 fully saturated rings. The molecule has 1 spiro atoms. The summed E-state index contributed by atoms with van der Waals surface area (Å²) in [5.74, 6) is 0.638. The van der Waals surface area contributed by atoms with E-state index in [2.05, 4.69) is 10.2 Å². The largest absolute Gasteiger partial charge is 0.396 e. The van der Waals surface area contributed by atoms with E-state index in [-0.39, 0.29) is 12.5 Å². The molecule has 0 aromatic rings. The van der Waals surface area contributed by atoms with Crippen molar-refractivity contribution in [1.82, 2.24) is 10.2 Å². The van der Waals surface area contributed by atoms with Gasteiger partial charge in [0.15, 0.2) is 0 Å². The van der Waals surface area contributed by atoms with E-state index >= 15 is 0 Å². The molecule has 1 amide bonds. The molecular formula is C22H36N2O6. The molecule has 170 valence electrons. The van der Waals surface area contributed by atoms with Gasteiger partial charge in [0.05, 0.1) is 13.2 Å². The van der Waals surface area contributed by atoms with Gasteiger partial charge in [-0.05, 0) is 43.9 Å². The highest BCUT2D eigenvalue weighted by Crippen LogP contribution is 2.63. The first-order valence-corrected chi connectivity index (χ1v) is 11.9. The molecule has 2 heterocycles. The number of aliphatic hydroxyl groups is 1. The van der Waals surface area contributed by atoms with Crippen molar-refractivity contribution in [3.05, 3.63) is 0 Å². The predicted octanol–water partition coefficient (Wildman–Crippen LogP) is 1.42. The Balaban J connectivity index is 1.14. The van der Waals surface area contributed by atoms with Crippen LogP contribution >= 0.6 is 0 Å². The fraction of sp³-hybridized carbons (Fsp3) is 0.955. The van der Waals surface area contributed by atoms with Gasteiger partial charge in [-0.25, -0.2) is 0 Å². The van der Waals surface area contributed by atoms with E-state index in [0.29, 0.717) is 37.6 Å².